The molecule has 0 spiro atoms. The molecule has 1 aliphatic rings. The molecular weight excluding hydrogens is 340 g/mol. The van der Waals surface area contributed by atoms with Crippen LogP contribution in [-0.2, 0) is 16.6 Å². The van der Waals surface area contributed by atoms with Crippen LogP contribution in [0.25, 0.3) is 0 Å². The monoisotopic (exact) mass is 360 g/mol. The van der Waals surface area contributed by atoms with Gasteiger partial charge in [-0.05, 0) is 59.9 Å². The van der Waals surface area contributed by atoms with Gasteiger partial charge in [-0.15, -0.1) is 0 Å². The van der Waals surface area contributed by atoms with Crippen molar-refractivity contribution in [2.24, 2.45) is 5.92 Å². The molecule has 0 heterocycles. The number of benzene rings is 1. The normalized spacial score (nSPS) is 17.1. The summed E-state index contributed by atoms with van der Waals surface area (Å²) >= 11 is 3.36. The highest BCUT2D eigenvalue weighted by Gasteiger charge is 2.27. The predicted octanol–water partition coefficient (Wildman–Crippen LogP) is 2.64. The summed E-state index contributed by atoms with van der Waals surface area (Å²) in [7, 11) is -1.60. The van der Waals surface area contributed by atoms with E-state index in [1.807, 2.05) is 26.1 Å². The maximum Gasteiger partial charge on any atom is 0.241 e. The molecule has 1 saturated carbocycles. The maximum atomic E-state index is 12.4. The van der Waals surface area contributed by atoms with Gasteiger partial charge in [0.15, 0.2) is 0 Å². The van der Waals surface area contributed by atoms with E-state index in [9.17, 15) is 8.42 Å². The zero-order valence-electron chi connectivity index (χ0n) is 11.8. The lowest BCUT2D eigenvalue weighted by molar-refractivity contribution is 0.529. The Morgan fingerprint density at radius 3 is 2.65 bits per heavy atom. The second-order valence-corrected chi connectivity index (χ2v) is 8.03. The Labute approximate surface area is 129 Å². The Bertz CT molecular complexity index is 571. The molecule has 0 saturated heterocycles. The third-order valence-electron chi connectivity index (χ3n) is 3.41. The minimum atomic E-state index is -3.46. The van der Waals surface area contributed by atoms with E-state index >= 15 is 0 Å². The van der Waals surface area contributed by atoms with Gasteiger partial charge in [0.05, 0.1) is 4.90 Å². The zero-order chi connectivity index (χ0) is 14.8. The molecule has 112 valence electrons. The van der Waals surface area contributed by atoms with Gasteiger partial charge in [0.1, 0.15) is 0 Å². The van der Waals surface area contributed by atoms with E-state index in [2.05, 4.69) is 26.0 Å². The van der Waals surface area contributed by atoms with Crippen molar-refractivity contribution in [1.82, 2.24) is 10.0 Å². The SMILES string of the molecule is CNCc1ccc(S(=O)(=O)NC(C)CC2CC2)c(Br)c1. The molecule has 1 unspecified atom stereocenters. The van der Waals surface area contributed by atoms with Gasteiger partial charge >= 0.3 is 0 Å². The van der Waals surface area contributed by atoms with Crippen molar-refractivity contribution in [1.29, 1.82) is 0 Å². The van der Waals surface area contributed by atoms with E-state index in [0.717, 1.165) is 12.0 Å². The molecule has 0 amide bonds. The van der Waals surface area contributed by atoms with Crippen molar-refractivity contribution in [3.05, 3.63) is 28.2 Å². The van der Waals surface area contributed by atoms with E-state index in [4.69, 9.17) is 0 Å². The molecule has 1 atom stereocenters. The third kappa shape index (κ3) is 4.28. The van der Waals surface area contributed by atoms with Gasteiger partial charge in [0, 0.05) is 17.1 Å². The molecule has 1 aromatic rings. The van der Waals surface area contributed by atoms with Crippen molar-refractivity contribution in [3.63, 3.8) is 0 Å². The molecule has 2 N–H and O–H groups in total. The highest BCUT2D eigenvalue weighted by atomic mass is 79.9. The van der Waals surface area contributed by atoms with E-state index in [-0.39, 0.29) is 6.04 Å². The van der Waals surface area contributed by atoms with Crippen molar-refractivity contribution in [2.75, 3.05) is 7.05 Å². The number of halogens is 1. The lowest BCUT2D eigenvalue weighted by Gasteiger charge is -2.15. The van der Waals surface area contributed by atoms with Crippen molar-refractivity contribution < 1.29 is 8.42 Å². The lowest BCUT2D eigenvalue weighted by atomic mass is 10.2. The van der Waals surface area contributed by atoms with E-state index in [1.54, 1.807) is 6.07 Å². The molecule has 1 aromatic carbocycles. The number of hydrogen-bond donors (Lipinski definition) is 2. The first-order chi connectivity index (χ1) is 9.42. The van der Waals surface area contributed by atoms with Gasteiger partial charge in [-0.3, -0.25) is 0 Å². The summed E-state index contributed by atoms with van der Waals surface area (Å²) in [6.07, 6.45) is 3.39. The zero-order valence-corrected chi connectivity index (χ0v) is 14.2. The first-order valence-corrected chi connectivity index (χ1v) is 9.15. The summed E-state index contributed by atoms with van der Waals surface area (Å²) in [5.41, 5.74) is 1.05. The number of sulfonamides is 1. The Morgan fingerprint density at radius 2 is 2.10 bits per heavy atom. The summed E-state index contributed by atoms with van der Waals surface area (Å²) in [6, 6.07) is 5.32. The molecule has 0 aromatic heterocycles. The summed E-state index contributed by atoms with van der Waals surface area (Å²) in [4.78, 5) is 0.306. The van der Waals surface area contributed by atoms with E-state index < -0.39 is 10.0 Å². The first kappa shape index (κ1) is 15.9. The number of rotatable bonds is 7. The van der Waals surface area contributed by atoms with Gasteiger partial charge in [0.25, 0.3) is 0 Å². The van der Waals surface area contributed by atoms with Crippen molar-refractivity contribution in [2.45, 2.75) is 43.7 Å². The average molecular weight is 361 g/mol. The van der Waals surface area contributed by atoms with Gasteiger partial charge in [-0.2, -0.15) is 0 Å². The lowest BCUT2D eigenvalue weighted by Crippen LogP contribution is -2.33. The molecule has 0 radical (unpaired) electrons. The van der Waals surface area contributed by atoms with Gasteiger partial charge < -0.3 is 5.32 Å². The Morgan fingerprint density at radius 1 is 1.40 bits per heavy atom. The van der Waals surface area contributed by atoms with Crippen molar-refractivity contribution >= 4 is 26.0 Å². The van der Waals surface area contributed by atoms with E-state index in [0.29, 0.717) is 21.8 Å². The first-order valence-electron chi connectivity index (χ1n) is 6.87. The van der Waals surface area contributed by atoms with Crippen LogP contribution in [0.3, 0.4) is 0 Å². The second-order valence-electron chi connectivity index (χ2n) is 5.50. The summed E-state index contributed by atoms with van der Waals surface area (Å²) in [5, 5.41) is 3.04. The molecule has 4 nitrogen and oxygen atoms in total. The minimum absolute atomic E-state index is 0.0172. The van der Waals surface area contributed by atoms with Crippen molar-refractivity contribution in [3.8, 4) is 0 Å². The molecule has 20 heavy (non-hydrogen) atoms. The van der Waals surface area contributed by atoms with Crippen LogP contribution >= 0.6 is 15.9 Å². The summed E-state index contributed by atoms with van der Waals surface area (Å²) in [5.74, 6) is 0.703. The van der Waals surface area contributed by atoms with Crippen LogP contribution in [0.2, 0.25) is 0 Å². The van der Waals surface area contributed by atoms with Crippen LogP contribution in [0, 0.1) is 5.92 Å². The fraction of sp³-hybridized carbons (Fsp3) is 0.571. The number of hydrogen-bond acceptors (Lipinski definition) is 3. The smallest absolute Gasteiger partial charge is 0.241 e. The van der Waals surface area contributed by atoms with Gasteiger partial charge in [0.2, 0.25) is 10.0 Å². The summed E-state index contributed by atoms with van der Waals surface area (Å²) in [6.45, 7) is 2.64. The molecule has 1 aliphatic carbocycles. The standard InChI is InChI=1S/C14H21BrN2O2S/c1-10(7-11-3-4-11)17-20(18,19)14-6-5-12(9-16-2)8-13(14)15/h5-6,8,10-11,16-17H,3-4,7,9H2,1-2H3. The summed E-state index contributed by atoms with van der Waals surface area (Å²) < 4.78 is 28.1. The average Bonchev–Trinajstić information content (AvgIpc) is 3.12. The molecule has 0 aliphatic heterocycles. The van der Waals surface area contributed by atoms with Crippen LogP contribution < -0.4 is 10.0 Å². The second kappa shape index (κ2) is 6.56. The van der Waals surface area contributed by atoms with Crippen LogP contribution in [0.5, 0.6) is 0 Å². The minimum Gasteiger partial charge on any atom is -0.316 e. The van der Waals surface area contributed by atoms with Crippen LogP contribution in [0.15, 0.2) is 27.6 Å². The molecule has 0 bridgehead atoms. The van der Waals surface area contributed by atoms with Gasteiger partial charge in [-0.25, -0.2) is 13.1 Å². The Hall–Kier alpha value is -0.430. The molecule has 1 fully saturated rings. The fourth-order valence-electron chi connectivity index (χ4n) is 2.31. The Balaban J connectivity index is 2.11. The fourth-order valence-corrected chi connectivity index (χ4v) is 4.69. The van der Waals surface area contributed by atoms with Crippen LogP contribution in [0.1, 0.15) is 31.7 Å². The molecular formula is C14H21BrN2O2S. The maximum absolute atomic E-state index is 12.4. The quantitative estimate of drug-likeness (QED) is 0.785. The molecule has 2 rings (SSSR count). The van der Waals surface area contributed by atoms with Crippen LogP contribution in [0.4, 0.5) is 0 Å². The van der Waals surface area contributed by atoms with E-state index in [1.165, 1.54) is 12.8 Å². The van der Waals surface area contributed by atoms with Gasteiger partial charge in [-0.1, -0.05) is 18.9 Å². The highest BCUT2D eigenvalue weighted by molar-refractivity contribution is 9.10. The predicted molar refractivity (Wildman–Crippen MR) is 84.0 cm³/mol. The molecule has 6 heteroatoms. The number of nitrogens with one attached hydrogen (secondary N) is 2. The Kier molecular flexibility index (Phi) is 5.23. The topological polar surface area (TPSA) is 58.2 Å². The largest absolute Gasteiger partial charge is 0.316 e. The third-order valence-corrected chi connectivity index (χ3v) is 5.97. The highest BCUT2D eigenvalue weighted by Crippen LogP contribution is 2.34. The van der Waals surface area contributed by atoms with Crippen LogP contribution in [-0.4, -0.2) is 21.5 Å².